The van der Waals surface area contributed by atoms with E-state index in [0.29, 0.717) is 6.61 Å². The van der Waals surface area contributed by atoms with Crippen LogP contribution in [-0.4, -0.2) is 63.8 Å². The molecule has 0 amide bonds. The molecule has 0 rings (SSSR count). The third kappa shape index (κ3) is 14.1. The predicted octanol–water partition coefficient (Wildman–Crippen LogP) is 1.15. The number of hydrogen-bond donors (Lipinski definition) is 1. The number of aliphatic hydroxyl groups excluding tert-OH is 1. The Morgan fingerprint density at radius 1 is 1.04 bits per heavy atom. The predicted molar refractivity (Wildman–Crippen MR) is 102 cm³/mol. The van der Waals surface area contributed by atoms with Crippen molar-refractivity contribution in [2.24, 2.45) is 0 Å². The second-order valence-electron chi connectivity index (χ2n) is 8.10. The highest BCUT2D eigenvalue weighted by Crippen LogP contribution is 2.23. The zero-order valence-electron chi connectivity index (χ0n) is 16.3. The SMILES string of the molecule is C[Si](C)(C)O[Si](C)(C)O[Si](C)(C)CCCOCC(O)CS(=O)(=O)O[O-]. The van der Waals surface area contributed by atoms with Gasteiger partial charge in [-0.3, -0.25) is 0 Å². The highest BCUT2D eigenvalue weighted by Gasteiger charge is 2.37. The first-order valence-electron chi connectivity index (χ1n) is 8.28. The first-order valence-corrected chi connectivity index (χ1v) is 19.2. The Bertz CT molecular complexity index is 490. The van der Waals surface area contributed by atoms with Crippen LogP contribution in [0.4, 0.5) is 0 Å². The van der Waals surface area contributed by atoms with E-state index in [2.05, 4.69) is 50.2 Å². The number of aliphatic hydroxyl groups is 1. The Balaban J connectivity index is 4.15. The molecule has 25 heavy (non-hydrogen) atoms. The maximum absolute atomic E-state index is 10.9. The van der Waals surface area contributed by atoms with Gasteiger partial charge in [0, 0.05) is 6.61 Å². The molecule has 0 aromatic carbocycles. The van der Waals surface area contributed by atoms with Crippen molar-refractivity contribution in [3.8, 4) is 0 Å². The van der Waals surface area contributed by atoms with E-state index in [4.69, 9.17) is 13.0 Å². The van der Waals surface area contributed by atoms with Gasteiger partial charge in [0.15, 0.2) is 16.6 Å². The Labute approximate surface area is 155 Å². The average molecular weight is 434 g/mol. The monoisotopic (exact) mass is 433 g/mol. The van der Waals surface area contributed by atoms with Gasteiger partial charge in [-0.2, -0.15) is 8.42 Å². The summed E-state index contributed by atoms with van der Waals surface area (Å²) in [5, 5.41) is 19.4. The molecule has 12 heteroatoms. The van der Waals surface area contributed by atoms with Gasteiger partial charge >= 0.3 is 8.56 Å². The number of hydrogen-bond acceptors (Lipinski definition) is 8. The second kappa shape index (κ2) is 10.1. The molecule has 8 nitrogen and oxygen atoms in total. The van der Waals surface area contributed by atoms with Gasteiger partial charge in [0.25, 0.3) is 10.1 Å². The molecular formula is C13H33O8SSi3-. The lowest BCUT2D eigenvalue weighted by Gasteiger charge is -2.37. The zero-order chi connectivity index (χ0) is 19.9. The average Bonchev–Trinajstić information content (AvgIpc) is 2.32. The molecule has 0 aliphatic carbocycles. The molecule has 0 bridgehead atoms. The molecular weight excluding hydrogens is 400 g/mol. The van der Waals surface area contributed by atoms with Gasteiger partial charge in [-0.25, -0.2) is 0 Å². The minimum atomic E-state index is -4.22. The van der Waals surface area contributed by atoms with Crippen molar-refractivity contribution in [2.75, 3.05) is 19.0 Å². The van der Waals surface area contributed by atoms with Crippen molar-refractivity contribution in [2.45, 2.75) is 64.4 Å². The lowest BCUT2D eigenvalue weighted by Crippen LogP contribution is -2.51. The summed E-state index contributed by atoms with van der Waals surface area (Å²) in [5.41, 5.74) is 0. The Morgan fingerprint density at radius 3 is 2.08 bits per heavy atom. The van der Waals surface area contributed by atoms with Crippen molar-refractivity contribution < 1.29 is 36.1 Å². The lowest BCUT2D eigenvalue weighted by atomic mass is 10.4. The van der Waals surface area contributed by atoms with Gasteiger partial charge in [-0.05, 0) is 58.3 Å². The Kier molecular flexibility index (Phi) is 10.2. The van der Waals surface area contributed by atoms with Crippen molar-refractivity contribution in [1.82, 2.24) is 0 Å². The van der Waals surface area contributed by atoms with Gasteiger partial charge in [-0.15, -0.1) is 0 Å². The summed E-state index contributed by atoms with van der Waals surface area (Å²) >= 11 is 0. The van der Waals surface area contributed by atoms with Crippen LogP contribution in [0.3, 0.4) is 0 Å². The standard InChI is InChI=1S/C13H34O8SSi3/c1-23(2,3)20-25(6,7)21-24(4,5)10-8-9-18-11-13(14)12-22(16,17)19-15/h13-15H,8-12H2,1-7H3/p-1. The second-order valence-corrected chi connectivity index (χ2v) is 22.4. The molecule has 0 heterocycles. The first kappa shape index (κ1) is 25.4. The van der Waals surface area contributed by atoms with Gasteiger partial charge in [0.2, 0.25) is 0 Å². The van der Waals surface area contributed by atoms with E-state index >= 15 is 0 Å². The molecule has 0 fully saturated rings. The minimum Gasteiger partial charge on any atom is -0.707 e. The fourth-order valence-electron chi connectivity index (χ4n) is 2.61. The summed E-state index contributed by atoms with van der Waals surface area (Å²) in [7, 11) is -9.93. The summed E-state index contributed by atoms with van der Waals surface area (Å²) in [4.78, 5) is 0. The van der Waals surface area contributed by atoms with E-state index in [-0.39, 0.29) is 6.61 Å². The Hall–Kier alpha value is 0.361. The summed E-state index contributed by atoms with van der Waals surface area (Å²) in [6, 6.07) is 0.872. The largest absolute Gasteiger partial charge is 0.707 e. The third-order valence-electron chi connectivity index (χ3n) is 2.95. The van der Waals surface area contributed by atoms with Crippen LogP contribution in [0.15, 0.2) is 0 Å². The molecule has 0 aliphatic heterocycles. The van der Waals surface area contributed by atoms with Crippen LogP contribution in [0.2, 0.25) is 51.9 Å². The van der Waals surface area contributed by atoms with Crippen LogP contribution >= 0.6 is 0 Å². The van der Waals surface area contributed by atoms with Crippen LogP contribution in [0, 0.1) is 0 Å². The molecule has 0 spiro atoms. The lowest BCUT2D eigenvalue weighted by molar-refractivity contribution is -0.635. The van der Waals surface area contributed by atoms with Crippen LogP contribution in [0.5, 0.6) is 0 Å². The van der Waals surface area contributed by atoms with Crippen LogP contribution < -0.4 is 5.26 Å². The van der Waals surface area contributed by atoms with Crippen molar-refractivity contribution in [3.63, 3.8) is 0 Å². The van der Waals surface area contributed by atoms with Gasteiger partial charge in [0.1, 0.15) is 5.75 Å². The normalized spacial score (nSPS) is 15.4. The molecule has 1 unspecified atom stereocenters. The zero-order valence-corrected chi connectivity index (χ0v) is 20.1. The first-order chi connectivity index (χ1) is 11.1. The summed E-state index contributed by atoms with van der Waals surface area (Å²) in [5.74, 6) is -0.770. The van der Waals surface area contributed by atoms with Crippen LogP contribution in [-0.2, 0) is 27.4 Å². The fraction of sp³-hybridized carbons (Fsp3) is 1.00. The maximum Gasteiger partial charge on any atom is 0.311 e. The van der Waals surface area contributed by atoms with Gasteiger partial charge in [0.05, 0.1) is 12.7 Å². The number of ether oxygens (including phenoxy) is 1. The quantitative estimate of drug-likeness (QED) is 0.199. The minimum absolute atomic E-state index is 0.162. The van der Waals surface area contributed by atoms with Crippen molar-refractivity contribution in [1.29, 1.82) is 0 Å². The van der Waals surface area contributed by atoms with E-state index < -0.39 is 47.2 Å². The maximum atomic E-state index is 10.9. The van der Waals surface area contributed by atoms with E-state index in [1.807, 2.05) is 0 Å². The molecule has 0 aromatic heterocycles. The third-order valence-corrected chi connectivity index (χ3v) is 14.1. The van der Waals surface area contributed by atoms with Gasteiger partial charge in [-0.1, -0.05) is 0 Å². The Morgan fingerprint density at radius 2 is 1.60 bits per heavy atom. The molecule has 1 N–H and O–H groups in total. The molecule has 0 radical (unpaired) electrons. The summed E-state index contributed by atoms with van der Waals surface area (Å²) < 4.78 is 42.7. The molecule has 0 aromatic rings. The van der Waals surface area contributed by atoms with E-state index in [9.17, 15) is 18.8 Å². The topological polar surface area (TPSA) is 114 Å². The molecule has 1 atom stereocenters. The number of rotatable bonds is 13. The van der Waals surface area contributed by atoms with E-state index in [0.717, 1.165) is 12.5 Å². The van der Waals surface area contributed by atoms with E-state index in [1.54, 1.807) is 0 Å². The molecule has 152 valence electrons. The van der Waals surface area contributed by atoms with Gasteiger partial charge < -0.3 is 27.7 Å². The van der Waals surface area contributed by atoms with Crippen molar-refractivity contribution in [3.05, 3.63) is 0 Å². The molecule has 0 saturated heterocycles. The summed E-state index contributed by atoms with van der Waals surface area (Å²) in [6.07, 6.45) is -0.536. The smallest absolute Gasteiger partial charge is 0.311 e. The van der Waals surface area contributed by atoms with Crippen LogP contribution in [0.1, 0.15) is 6.42 Å². The van der Waals surface area contributed by atoms with Crippen molar-refractivity contribution >= 4 is 35.3 Å². The fourth-order valence-corrected chi connectivity index (χ4v) is 16.4. The molecule has 0 aliphatic rings. The van der Waals surface area contributed by atoms with Crippen LogP contribution in [0.25, 0.3) is 0 Å². The van der Waals surface area contributed by atoms with E-state index in [1.165, 1.54) is 0 Å². The summed E-state index contributed by atoms with van der Waals surface area (Å²) in [6.45, 7) is 15.1. The molecule has 0 saturated carbocycles. The highest BCUT2D eigenvalue weighted by molar-refractivity contribution is 7.86. The highest BCUT2D eigenvalue weighted by atomic mass is 32.2.